The first kappa shape index (κ1) is 18.3. The smallest absolute Gasteiger partial charge is 0.279 e. The van der Waals surface area contributed by atoms with Gasteiger partial charge in [-0.3, -0.25) is 13.9 Å². The normalized spacial score (nSPS) is 14.1. The van der Waals surface area contributed by atoms with Gasteiger partial charge < -0.3 is 4.90 Å². The molecule has 0 N–H and O–H groups in total. The highest BCUT2D eigenvalue weighted by Gasteiger charge is 2.22. The third-order valence-corrected chi connectivity index (χ3v) is 5.32. The molecule has 2 aromatic heterocycles. The van der Waals surface area contributed by atoms with E-state index in [0.717, 1.165) is 43.3 Å². The van der Waals surface area contributed by atoms with Crippen molar-refractivity contribution in [3.63, 3.8) is 0 Å². The lowest BCUT2D eigenvalue weighted by atomic mass is 10.1. The van der Waals surface area contributed by atoms with Crippen molar-refractivity contribution in [3.05, 3.63) is 52.1 Å². The summed E-state index contributed by atoms with van der Waals surface area (Å²) in [6.45, 7) is 4.18. The van der Waals surface area contributed by atoms with Crippen LogP contribution in [0.2, 0.25) is 0 Å². The zero-order chi connectivity index (χ0) is 19.5. The van der Waals surface area contributed by atoms with Crippen molar-refractivity contribution < 1.29 is 0 Å². The van der Waals surface area contributed by atoms with Crippen LogP contribution in [0.25, 0.3) is 11.2 Å². The Kier molecular flexibility index (Phi) is 5.16. The quantitative estimate of drug-likeness (QED) is 0.658. The first-order valence-corrected chi connectivity index (χ1v) is 9.83. The number of hydrogen-bond acceptors (Lipinski definition) is 4. The molecule has 0 aliphatic carbocycles. The van der Waals surface area contributed by atoms with Crippen LogP contribution in [0.3, 0.4) is 0 Å². The molecule has 3 heterocycles. The average molecular weight is 375 g/mol. The SMILES string of the molecule is CC#CCn1c(N2CCCCC2)nc2nc(Cc3ccccc3)n(C)c(=O)c21. The van der Waals surface area contributed by atoms with E-state index in [2.05, 4.69) is 16.7 Å². The van der Waals surface area contributed by atoms with Gasteiger partial charge in [-0.25, -0.2) is 4.98 Å². The number of nitrogens with zero attached hydrogens (tertiary/aromatic N) is 5. The summed E-state index contributed by atoms with van der Waals surface area (Å²) >= 11 is 0. The standard InChI is InChI=1S/C22H25N5O/c1-3-4-15-27-19-20(24-22(27)26-13-9-6-10-14-26)23-18(25(2)21(19)28)16-17-11-7-5-8-12-17/h5,7-8,11-12H,6,9-10,13-16H2,1-2H3. The molecule has 28 heavy (non-hydrogen) atoms. The summed E-state index contributed by atoms with van der Waals surface area (Å²) in [7, 11) is 1.79. The van der Waals surface area contributed by atoms with E-state index in [9.17, 15) is 4.79 Å². The van der Waals surface area contributed by atoms with Crippen LogP contribution in [0.1, 0.15) is 37.6 Å². The number of benzene rings is 1. The minimum atomic E-state index is -0.0652. The Morgan fingerprint density at radius 1 is 1.07 bits per heavy atom. The van der Waals surface area contributed by atoms with Gasteiger partial charge >= 0.3 is 0 Å². The minimum absolute atomic E-state index is 0.0652. The fourth-order valence-electron chi connectivity index (χ4n) is 3.77. The predicted molar refractivity (Wildman–Crippen MR) is 112 cm³/mol. The second-order valence-electron chi connectivity index (χ2n) is 7.20. The minimum Gasteiger partial charge on any atom is -0.342 e. The Labute approximate surface area is 164 Å². The lowest BCUT2D eigenvalue weighted by Gasteiger charge is -2.27. The van der Waals surface area contributed by atoms with E-state index in [-0.39, 0.29) is 5.56 Å². The maximum atomic E-state index is 13.2. The predicted octanol–water partition coefficient (Wildman–Crippen LogP) is 2.73. The summed E-state index contributed by atoms with van der Waals surface area (Å²) in [5.41, 5.74) is 2.12. The highest BCUT2D eigenvalue weighted by atomic mass is 16.1. The number of rotatable bonds is 4. The number of piperidine rings is 1. The van der Waals surface area contributed by atoms with Gasteiger partial charge in [-0.2, -0.15) is 4.98 Å². The molecule has 1 aliphatic heterocycles. The fraction of sp³-hybridized carbons (Fsp3) is 0.409. The number of aromatic nitrogens is 4. The Hall–Kier alpha value is -3.07. The number of hydrogen-bond donors (Lipinski definition) is 0. The van der Waals surface area contributed by atoms with E-state index in [0.29, 0.717) is 24.1 Å². The number of anilines is 1. The first-order chi connectivity index (χ1) is 13.7. The van der Waals surface area contributed by atoms with Gasteiger partial charge in [0, 0.05) is 26.6 Å². The second kappa shape index (κ2) is 7.89. The molecule has 144 valence electrons. The van der Waals surface area contributed by atoms with Crippen molar-refractivity contribution in [1.29, 1.82) is 0 Å². The van der Waals surface area contributed by atoms with Crippen molar-refractivity contribution in [2.75, 3.05) is 18.0 Å². The van der Waals surface area contributed by atoms with Gasteiger partial charge in [-0.1, -0.05) is 36.3 Å². The summed E-state index contributed by atoms with van der Waals surface area (Å²) in [6, 6.07) is 10.1. The number of fused-ring (bicyclic) bond motifs is 1. The van der Waals surface area contributed by atoms with Gasteiger partial charge in [0.05, 0.1) is 6.54 Å². The van der Waals surface area contributed by atoms with Crippen molar-refractivity contribution in [3.8, 4) is 11.8 Å². The molecule has 0 amide bonds. The van der Waals surface area contributed by atoms with E-state index in [1.165, 1.54) is 6.42 Å². The lowest BCUT2D eigenvalue weighted by Crippen LogP contribution is -2.32. The summed E-state index contributed by atoms with van der Waals surface area (Å²) in [4.78, 5) is 25.0. The Balaban J connectivity index is 1.85. The Morgan fingerprint density at radius 3 is 2.54 bits per heavy atom. The molecule has 6 nitrogen and oxygen atoms in total. The van der Waals surface area contributed by atoms with Crippen LogP contribution < -0.4 is 10.5 Å². The summed E-state index contributed by atoms with van der Waals surface area (Å²) in [5, 5.41) is 0. The Morgan fingerprint density at radius 2 is 1.82 bits per heavy atom. The van der Waals surface area contributed by atoms with E-state index >= 15 is 0 Å². The molecule has 1 saturated heterocycles. The van der Waals surface area contributed by atoms with Gasteiger partial charge in [0.2, 0.25) is 5.95 Å². The molecule has 0 unspecified atom stereocenters. The Bertz CT molecular complexity index is 1100. The molecule has 0 atom stereocenters. The summed E-state index contributed by atoms with van der Waals surface area (Å²) < 4.78 is 3.59. The molecular weight excluding hydrogens is 350 g/mol. The molecule has 0 radical (unpaired) electrons. The molecule has 0 spiro atoms. The molecule has 0 bridgehead atoms. The van der Waals surface area contributed by atoms with Gasteiger partial charge in [0.15, 0.2) is 11.2 Å². The van der Waals surface area contributed by atoms with Gasteiger partial charge in [0.1, 0.15) is 5.82 Å². The maximum Gasteiger partial charge on any atom is 0.279 e. The molecule has 3 aromatic rings. The molecule has 1 aliphatic rings. The summed E-state index contributed by atoms with van der Waals surface area (Å²) in [6.07, 6.45) is 4.14. The fourth-order valence-corrected chi connectivity index (χ4v) is 3.77. The van der Waals surface area contributed by atoms with Gasteiger partial charge in [-0.05, 0) is 31.7 Å². The van der Waals surface area contributed by atoms with Crippen LogP contribution in [-0.2, 0) is 20.0 Å². The van der Waals surface area contributed by atoms with Gasteiger partial charge in [0.25, 0.3) is 5.56 Å². The molecule has 1 aromatic carbocycles. The van der Waals surface area contributed by atoms with Crippen LogP contribution in [0.5, 0.6) is 0 Å². The zero-order valence-electron chi connectivity index (χ0n) is 16.5. The van der Waals surface area contributed by atoms with Crippen molar-refractivity contribution in [1.82, 2.24) is 19.1 Å². The van der Waals surface area contributed by atoms with Crippen LogP contribution in [0, 0.1) is 11.8 Å². The third kappa shape index (κ3) is 3.40. The molecular formula is C22H25N5O. The first-order valence-electron chi connectivity index (χ1n) is 9.83. The highest BCUT2D eigenvalue weighted by Crippen LogP contribution is 2.23. The van der Waals surface area contributed by atoms with Crippen molar-refractivity contribution in [2.45, 2.75) is 39.2 Å². The van der Waals surface area contributed by atoms with Crippen LogP contribution in [0.4, 0.5) is 5.95 Å². The molecule has 1 fully saturated rings. The van der Waals surface area contributed by atoms with Gasteiger partial charge in [-0.15, -0.1) is 5.92 Å². The highest BCUT2D eigenvalue weighted by molar-refractivity contribution is 5.74. The molecule has 0 saturated carbocycles. The van der Waals surface area contributed by atoms with E-state index in [1.54, 1.807) is 11.6 Å². The maximum absolute atomic E-state index is 13.2. The lowest BCUT2D eigenvalue weighted by molar-refractivity contribution is 0.561. The monoisotopic (exact) mass is 375 g/mol. The van der Waals surface area contributed by atoms with E-state index in [1.807, 2.05) is 41.8 Å². The number of imidazole rings is 1. The average Bonchev–Trinajstić information content (AvgIpc) is 3.10. The topological polar surface area (TPSA) is 56.0 Å². The third-order valence-electron chi connectivity index (χ3n) is 5.32. The van der Waals surface area contributed by atoms with Crippen molar-refractivity contribution in [2.24, 2.45) is 7.05 Å². The van der Waals surface area contributed by atoms with E-state index in [4.69, 9.17) is 9.97 Å². The summed E-state index contributed by atoms with van der Waals surface area (Å²) in [5.74, 6) is 7.57. The van der Waals surface area contributed by atoms with E-state index < -0.39 is 0 Å². The van der Waals surface area contributed by atoms with Crippen LogP contribution in [0.15, 0.2) is 35.1 Å². The zero-order valence-corrected chi connectivity index (χ0v) is 16.5. The molecule has 4 rings (SSSR count). The largest absolute Gasteiger partial charge is 0.342 e. The van der Waals surface area contributed by atoms with Crippen LogP contribution >= 0.6 is 0 Å². The van der Waals surface area contributed by atoms with Crippen LogP contribution in [-0.4, -0.2) is 32.2 Å². The van der Waals surface area contributed by atoms with Crippen molar-refractivity contribution >= 4 is 17.1 Å². The molecule has 6 heteroatoms. The second-order valence-corrected chi connectivity index (χ2v) is 7.20.